The molecule has 0 saturated carbocycles. The zero-order chi connectivity index (χ0) is 16.5. The SMILES string of the molecule is [B]OC(=O)[C@@H](C[B]OC=O)O/N=C(\C(=O)O)c1csc(C)n1. The van der Waals surface area contributed by atoms with Crippen LogP contribution in [0.15, 0.2) is 10.5 Å². The van der Waals surface area contributed by atoms with Gasteiger partial charge in [0.25, 0.3) is 6.47 Å². The van der Waals surface area contributed by atoms with Crippen LogP contribution in [0.1, 0.15) is 10.7 Å². The molecule has 0 aromatic carbocycles. The number of aromatic nitrogens is 1. The molecular weight excluding hydrogens is 314 g/mol. The molecular formula is C10H9B2N2O7S. The number of thiazole rings is 1. The molecule has 1 N–H and O–H groups in total. The Hall–Kier alpha value is -2.36. The molecule has 0 spiro atoms. The zero-order valence-electron chi connectivity index (χ0n) is 11.3. The van der Waals surface area contributed by atoms with Gasteiger partial charge in [-0.25, -0.2) is 14.6 Å². The summed E-state index contributed by atoms with van der Waals surface area (Å²) in [6.45, 7) is 1.82. The second-order valence-electron chi connectivity index (χ2n) is 3.66. The van der Waals surface area contributed by atoms with Crippen molar-refractivity contribution in [3.8, 4) is 0 Å². The van der Waals surface area contributed by atoms with Crippen molar-refractivity contribution in [2.24, 2.45) is 5.16 Å². The Balaban J connectivity index is 2.86. The van der Waals surface area contributed by atoms with Gasteiger partial charge in [-0.1, -0.05) is 5.16 Å². The molecule has 0 aliphatic rings. The summed E-state index contributed by atoms with van der Waals surface area (Å²) in [6, 6.07) is 0. The molecule has 0 aliphatic carbocycles. The van der Waals surface area contributed by atoms with E-state index in [1.54, 1.807) is 6.92 Å². The standard InChI is InChI=1S/C10H9B2N2O7S/c1-5-13-6(3-22-5)8(9(16)17)14-21-7(10(18)20-11)2-12-19-4-15/h3-4,7H,2H2,1H3,(H,16,17)/b14-8-/t7-/m1/s1. The number of carboxylic acids is 1. The monoisotopic (exact) mass is 323 g/mol. The number of rotatable bonds is 9. The third-order valence-corrected chi connectivity index (χ3v) is 2.95. The third kappa shape index (κ3) is 5.20. The second kappa shape index (κ2) is 8.82. The van der Waals surface area contributed by atoms with Crippen LogP contribution in [0.4, 0.5) is 0 Å². The van der Waals surface area contributed by atoms with E-state index in [4.69, 9.17) is 18.0 Å². The lowest BCUT2D eigenvalue weighted by atomic mass is 9.91. The van der Waals surface area contributed by atoms with Crippen LogP contribution in [-0.2, 0) is 28.5 Å². The number of aryl methyl sites for hydroxylation is 1. The minimum Gasteiger partial charge on any atom is -0.541 e. The summed E-state index contributed by atoms with van der Waals surface area (Å²) in [7, 11) is 5.68. The summed E-state index contributed by atoms with van der Waals surface area (Å²) in [6.07, 6.45) is -1.61. The quantitative estimate of drug-likeness (QED) is 0.211. The van der Waals surface area contributed by atoms with E-state index in [0.717, 1.165) is 7.48 Å². The highest BCUT2D eigenvalue weighted by Crippen LogP contribution is 2.11. The van der Waals surface area contributed by atoms with Gasteiger partial charge in [-0.05, 0) is 6.92 Å². The van der Waals surface area contributed by atoms with Gasteiger partial charge in [0.15, 0.2) is 0 Å². The van der Waals surface area contributed by atoms with E-state index in [9.17, 15) is 14.4 Å². The molecule has 1 aromatic rings. The van der Waals surface area contributed by atoms with Crippen LogP contribution in [-0.4, -0.2) is 55.8 Å². The smallest absolute Gasteiger partial charge is 0.378 e. The summed E-state index contributed by atoms with van der Waals surface area (Å²) in [5.41, 5.74) is -0.404. The van der Waals surface area contributed by atoms with E-state index < -0.39 is 23.8 Å². The van der Waals surface area contributed by atoms with E-state index in [1.165, 1.54) is 16.7 Å². The second-order valence-corrected chi connectivity index (χ2v) is 4.72. The first-order valence-corrected chi connectivity index (χ1v) is 6.58. The predicted molar refractivity (Wildman–Crippen MR) is 75.5 cm³/mol. The normalized spacial score (nSPS) is 12.1. The van der Waals surface area contributed by atoms with Gasteiger partial charge >= 0.3 is 27.5 Å². The molecule has 3 radical (unpaired) electrons. The maximum absolute atomic E-state index is 11.4. The lowest BCUT2D eigenvalue weighted by Gasteiger charge is -2.12. The molecule has 0 unspecified atom stereocenters. The van der Waals surface area contributed by atoms with E-state index in [-0.39, 0.29) is 18.5 Å². The minimum atomic E-state index is -1.39. The Morgan fingerprint density at radius 2 is 2.36 bits per heavy atom. The number of carbonyl (C=O) groups is 3. The Labute approximate surface area is 131 Å². The summed E-state index contributed by atoms with van der Waals surface area (Å²) >= 11 is 1.22. The average molecular weight is 323 g/mol. The van der Waals surface area contributed by atoms with Gasteiger partial charge in [0.1, 0.15) is 5.69 Å². The molecule has 1 aromatic heterocycles. The van der Waals surface area contributed by atoms with Crippen molar-refractivity contribution >= 4 is 51.0 Å². The largest absolute Gasteiger partial charge is 0.541 e. The van der Waals surface area contributed by atoms with E-state index in [2.05, 4.69) is 19.4 Å². The molecule has 0 fully saturated rings. The first-order chi connectivity index (χ1) is 10.5. The van der Waals surface area contributed by atoms with Gasteiger partial charge in [0.05, 0.1) is 5.01 Å². The fourth-order valence-electron chi connectivity index (χ4n) is 1.22. The minimum absolute atomic E-state index is 0.0861. The highest BCUT2D eigenvalue weighted by atomic mass is 32.1. The van der Waals surface area contributed by atoms with Crippen molar-refractivity contribution < 1.29 is 33.6 Å². The molecule has 0 bridgehead atoms. The van der Waals surface area contributed by atoms with E-state index in [0.29, 0.717) is 5.01 Å². The van der Waals surface area contributed by atoms with Gasteiger partial charge in [-0.3, -0.25) is 4.79 Å². The maximum Gasteiger partial charge on any atom is 0.378 e. The summed E-state index contributed by atoms with van der Waals surface area (Å²) in [4.78, 5) is 41.3. The van der Waals surface area contributed by atoms with Crippen LogP contribution >= 0.6 is 11.3 Å². The number of hydrogen-bond donors (Lipinski definition) is 1. The average Bonchev–Trinajstić information content (AvgIpc) is 2.91. The highest BCUT2D eigenvalue weighted by molar-refractivity contribution is 7.09. The molecule has 113 valence electrons. The van der Waals surface area contributed by atoms with Crippen LogP contribution in [0, 0.1) is 6.92 Å². The van der Waals surface area contributed by atoms with E-state index in [1.807, 2.05) is 0 Å². The summed E-state index contributed by atoms with van der Waals surface area (Å²) < 4.78 is 8.28. The summed E-state index contributed by atoms with van der Waals surface area (Å²) in [5.74, 6) is -2.41. The van der Waals surface area contributed by atoms with Crippen molar-refractivity contribution in [1.29, 1.82) is 0 Å². The molecule has 12 heteroatoms. The first-order valence-electron chi connectivity index (χ1n) is 5.70. The van der Waals surface area contributed by atoms with Crippen molar-refractivity contribution in [3.63, 3.8) is 0 Å². The zero-order valence-corrected chi connectivity index (χ0v) is 12.1. The van der Waals surface area contributed by atoms with Crippen molar-refractivity contribution in [3.05, 3.63) is 16.1 Å². The summed E-state index contributed by atoms with van der Waals surface area (Å²) in [5, 5.41) is 14.6. The van der Waals surface area contributed by atoms with Crippen molar-refractivity contribution in [2.45, 2.75) is 19.3 Å². The molecule has 1 atom stereocenters. The topological polar surface area (TPSA) is 124 Å². The number of oxime groups is 1. The Morgan fingerprint density at radius 3 is 2.86 bits per heavy atom. The fraction of sp³-hybridized carbons (Fsp3) is 0.300. The molecule has 0 amide bonds. The van der Waals surface area contributed by atoms with E-state index >= 15 is 0 Å². The van der Waals surface area contributed by atoms with Crippen LogP contribution in [0.25, 0.3) is 0 Å². The van der Waals surface area contributed by atoms with Gasteiger partial charge in [0.2, 0.25) is 11.8 Å². The number of hydrogen-bond acceptors (Lipinski definition) is 9. The van der Waals surface area contributed by atoms with Crippen LogP contribution in [0.3, 0.4) is 0 Å². The van der Waals surface area contributed by atoms with Crippen LogP contribution in [0.5, 0.6) is 0 Å². The van der Waals surface area contributed by atoms with Crippen molar-refractivity contribution in [1.82, 2.24) is 4.98 Å². The molecule has 22 heavy (non-hydrogen) atoms. The van der Waals surface area contributed by atoms with Gasteiger partial charge < -0.3 is 19.3 Å². The molecule has 9 nitrogen and oxygen atoms in total. The molecule has 1 heterocycles. The van der Waals surface area contributed by atoms with Gasteiger partial charge in [-0.2, -0.15) is 0 Å². The maximum atomic E-state index is 11.4. The number of carboxylic acid groups (broad SMARTS) is 1. The van der Waals surface area contributed by atoms with Crippen LogP contribution in [0.2, 0.25) is 6.32 Å². The fourth-order valence-corrected chi connectivity index (χ4v) is 1.82. The molecule has 0 saturated heterocycles. The Bertz CT molecular complexity index is 577. The lowest BCUT2D eigenvalue weighted by Crippen LogP contribution is -2.27. The highest BCUT2D eigenvalue weighted by Gasteiger charge is 2.24. The Morgan fingerprint density at radius 1 is 1.64 bits per heavy atom. The first kappa shape index (κ1) is 17.7. The molecule has 1 rings (SSSR count). The Kier molecular flexibility index (Phi) is 7.09. The third-order valence-electron chi connectivity index (χ3n) is 2.18. The lowest BCUT2D eigenvalue weighted by molar-refractivity contribution is -0.146. The number of carbonyl (C=O) groups excluding carboxylic acids is 2. The van der Waals surface area contributed by atoms with Gasteiger partial charge in [-0.15, -0.1) is 11.3 Å². The van der Waals surface area contributed by atoms with Crippen LogP contribution < -0.4 is 0 Å². The van der Waals surface area contributed by atoms with Crippen molar-refractivity contribution in [2.75, 3.05) is 0 Å². The number of nitrogens with zero attached hydrogens (tertiary/aromatic N) is 2. The predicted octanol–water partition coefficient (Wildman–Crippen LogP) is -0.537. The van der Waals surface area contributed by atoms with Gasteiger partial charge in [0, 0.05) is 11.7 Å². The molecule has 0 aliphatic heterocycles. The number of aliphatic carboxylic acids is 1.